The molecule has 0 N–H and O–H groups in total. The van der Waals surface area contributed by atoms with Crippen molar-refractivity contribution in [1.82, 2.24) is 9.21 Å². The van der Waals surface area contributed by atoms with Gasteiger partial charge in [-0.25, -0.2) is 8.42 Å². The molecule has 7 nitrogen and oxygen atoms in total. The number of nitro groups is 1. The third-order valence-corrected chi connectivity index (χ3v) is 5.38. The van der Waals surface area contributed by atoms with Crippen LogP contribution in [0, 0.1) is 10.1 Å². The predicted octanol–water partition coefficient (Wildman–Crippen LogP) is 1.18. The van der Waals surface area contributed by atoms with Gasteiger partial charge in [0.1, 0.15) is 0 Å². The molecule has 0 radical (unpaired) electrons. The molecule has 0 amide bonds. The Morgan fingerprint density at radius 1 is 1.25 bits per heavy atom. The van der Waals surface area contributed by atoms with Gasteiger partial charge in [-0.3, -0.25) is 10.1 Å². The van der Waals surface area contributed by atoms with Gasteiger partial charge in [0.15, 0.2) is 4.90 Å². The number of benzene rings is 1. The molecule has 1 fully saturated rings. The summed E-state index contributed by atoms with van der Waals surface area (Å²) < 4.78 is 26.2. The fourth-order valence-electron chi connectivity index (χ4n) is 2.02. The summed E-state index contributed by atoms with van der Waals surface area (Å²) in [6, 6.07) is 3.59. The van der Waals surface area contributed by atoms with E-state index >= 15 is 0 Å². The van der Waals surface area contributed by atoms with Crippen LogP contribution in [0.4, 0.5) is 5.69 Å². The number of halogens is 1. The van der Waals surface area contributed by atoms with Crippen LogP contribution in [0.15, 0.2) is 23.1 Å². The lowest BCUT2D eigenvalue weighted by atomic mass is 10.3. The molecule has 1 aliphatic rings. The smallest absolute Gasteiger partial charge is 0.290 e. The Hall–Kier alpha value is -1.22. The van der Waals surface area contributed by atoms with Crippen molar-refractivity contribution in [2.75, 3.05) is 33.2 Å². The minimum absolute atomic E-state index is 0.133. The van der Waals surface area contributed by atoms with Crippen LogP contribution in [0.5, 0.6) is 0 Å². The van der Waals surface area contributed by atoms with Crippen molar-refractivity contribution in [3.8, 4) is 0 Å². The molecular weight excluding hydrogens is 306 g/mol. The summed E-state index contributed by atoms with van der Waals surface area (Å²) in [5.41, 5.74) is -0.489. The van der Waals surface area contributed by atoms with Gasteiger partial charge in [0, 0.05) is 37.3 Å². The molecule has 1 aliphatic heterocycles. The second kappa shape index (κ2) is 5.65. The van der Waals surface area contributed by atoms with E-state index < -0.39 is 20.6 Å². The van der Waals surface area contributed by atoms with Crippen molar-refractivity contribution in [1.29, 1.82) is 0 Å². The number of nitrogens with zero attached hydrogens (tertiary/aromatic N) is 3. The van der Waals surface area contributed by atoms with Crippen LogP contribution in [0.3, 0.4) is 0 Å². The molecule has 0 bridgehead atoms. The van der Waals surface area contributed by atoms with Crippen LogP contribution in [0.2, 0.25) is 5.02 Å². The number of piperazine rings is 1. The van der Waals surface area contributed by atoms with Crippen molar-refractivity contribution >= 4 is 27.3 Å². The molecule has 2 rings (SSSR count). The average Bonchev–Trinajstić information content (AvgIpc) is 2.38. The van der Waals surface area contributed by atoms with E-state index in [9.17, 15) is 18.5 Å². The summed E-state index contributed by atoms with van der Waals surface area (Å²) in [5.74, 6) is 0. The Bertz CT molecular complexity index is 627. The standard InChI is InChI=1S/C11H14ClN3O4S/c1-13-4-6-14(7-5-13)20(18,19)11-3-2-9(12)8-10(11)15(16)17/h2-3,8H,4-7H2,1H3. The minimum atomic E-state index is -3.87. The fourth-order valence-corrected chi connectivity index (χ4v) is 3.75. The summed E-state index contributed by atoms with van der Waals surface area (Å²) in [6.07, 6.45) is 0. The summed E-state index contributed by atoms with van der Waals surface area (Å²) in [6.45, 7) is 1.83. The van der Waals surface area contributed by atoms with Crippen LogP contribution in [0.25, 0.3) is 0 Å². The van der Waals surface area contributed by atoms with E-state index in [-0.39, 0.29) is 9.92 Å². The number of rotatable bonds is 3. The van der Waals surface area contributed by atoms with Gasteiger partial charge in [0.25, 0.3) is 5.69 Å². The van der Waals surface area contributed by atoms with Gasteiger partial charge in [-0.05, 0) is 19.2 Å². The van der Waals surface area contributed by atoms with E-state index in [1.165, 1.54) is 16.4 Å². The molecule has 0 unspecified atom stereocenters. The highest BCUT2D eigenvalue weighted by atomic mass is 35.5. The number of nitro benzene ring substituents is 1. The molecule has 1 aromatic rings. The first kappa shape index (κ1) is 15.2. The van der Waals surface area contributed by atoms with Crippen molar-refractivity contribution in [3.63, 3.8) is 0 Å². The van der Waals surface area contributed by atoms with Crippen LogP contribution < -0.4 is 0 Å². The van der Waals surface area contributed by atoms with E-state index in [1.807, 2.05) is 11.9 Å². The SMILES string of the molecule is CN1CCN(S(=O)(=O)c2ccc(Cl)cc2[N+](=O)[O-])CC1. The van der Waals surface area contributed by atoms with E-state index in [0.29, 0.717) is 26.2 Å². The predicted molar refractivity (Wildman–Crippen MR) is 74.4 cm³/mol. The summed E-state index contributed by atoms with van der Waals surface area (Å²) in [5, 5.41) is 11.1. The zero-order valence-corrected chi connectivity index (χ0v) is 12.4. The van der Waals surface area contributed by atoms with Crippen molar-refractivity contribution < 1.29 is 13.3 Å². The quantitative estimate of drug-likeness (QED) is 0.617. The molecule has 0 saturated carbocycles. The maximum atomic E-state index is 12.5. The third-order valence-electron chi connectivity index (χ3n) is 3.20. The second-order valence-electron chi connectivity index (χ2n) is 4.58. The van der Waals surface area contributed by atoms with Crippen LogP contribution in [0.1, 0.15) is 0 Å². The highest BCUT2D eigenvalue weighted by molar-refractivity contribution is 7.89. The van der Waals surface area contributed by atoms with Crippen molar-refractivity contribution in [2.24, 2.45) is 0 Å². The van der Waals surface area contributed by atoms with E-state index in [0.717, 1.165) is 6.07 Å². The summed E-state index contributed by atoms with van der Waals surface area (Å²) in [7, 11) is -1.97. The lowest BCUT2D eigenvalue weighted by Crippen LogP contribution is -2.47. The lowest BCUT2D eigenvalue weighted by molar-refractivity contribution is -0.387. The van der Waals surface area contributed by atoms with Gasteiger partial charge in [0.2, 0.25) is 10.0 Å². The fraction of sp³-hybridized carbons (Fsp3) is 0.455. The molecule has 1 aromatic carbocycles. The molecular formula is C11H14ClN3O4S. The van der Waals surface area contributed by atoms with Crippen molar-refractivity contribution in [2.45, 2.75) is 4.90 Å². The number of hydrogen-bond acceptors (Lipinski definition) is 5. The Morgan fingerprint density at radius 3 is 2.40 bits per heavy atom. The zero-order valence-electron chi connectivity index (χ0n) is 10.8. The van der Waals surface area contributed by atoms with Gasteiger partial charge in [0.05, 0.1) is 4.92 Å². The van der Waals surface area contributed by atoms with Crippen LogP contribution >= 0.6 is 11.6 Å². The van der Waals surface area contributed by atoms with Gasteiger partial charge < -0.3 is 4.90 Å². The van der Waals surface area contributed by atoms with E-state index in [2.05, 4.69) is 0 Å². The molecule has 20 heavy (non-hydrogen) atoms. The van der Waals surface area contributed by atoms with Crippen LogP contribution in [-0.2, 0) is 10.0 Å². The maximum absolute atomic E-state index is 12.5. The van der Waals surface area contributed by atoms with E-state index in [1.54, 1.807) is 0 Å². The monoisotopic (exact) mass is 319 g/mol. The number of likely N-dealkylation sites (N-methyl/N-ethyl adjacent to an activating group) is 1. The Morgan fingerprint density at radius 2 is 1.85 bits per heavy atom. The largest absolute Gasteiger partial charge is 0.304 e. The normalized spacial score (nSPS) is 18.1. The molecule has 1 saturated heterocycles. The third kappa shape index (κ3) is 2.93. The Labute approximate surface area is 121 Å². The minimum Gasteiger partial charge on any atom is -0.304 e. The zero-order chi connectivity index (χ0) is 14.9. The first-order valence-corrected chi connectivity index (χ1v) is 7.77. The lowest BCUT2D eigenvalue weighted by Gasteiger charge is -2.31. The highest BCUT2D eigenvalue weighted by Crippen LogP contribution is 2.29. The Balaban J connectivity index is 2.42. The number of hydrogen-bond donors (Lipinski definition) is 0. The molecule has 0 spiro atoms. The van der Waals surface area contributed by atoms with Gasteiger partial charge in [-0.1, -0.05) is 11.6 Å². The molecule has 1 heterocycles. The van der Waals surface area contributed by atoms with Gasteiger partial charge >= 0.3 is 0 Å². The van der Waals surface area contributed by atoms with Crippen molar-refractivity contribution in [3.05, 3.63) is 33.3 Å². The molecule has 0 atom stereocenters. The number of sulfonamides is 1. The Kier molecular flexibility index (Phi) is 4.28. The molecule has 9 heteroatoms. The van der Waals surface area contributed by atoms with Crippen LogP contribution in [-0.4, -0.2) is 55.8 Å². The summed E-state index contributed by atoms with van der Waals surface area (Å²) in [4.78, 5) is 12.0. The molecule has 0 aromatic heterocycles. The van der Waals surface area contributed by atoms with Gasteiger partial charge in [-0.15, -0.1) is 0 Å². The first-order chi connectivity index (χ1) is 9.32. The average molecular weight is 320 g/mol. The molecule has 110 valence electrons. The van der Waals surface area contributed by atoms with Gasteiger partial charge in [-0.2, -0.15) is 4.31 Å². The summed E-state index contributed by atoms with van der Waals surface area (Å²) >= 11 is 5.70. The maximum Gasteiger partial charge on any atom is 0.290 e. The molecule has 0 aliphatic carbocycles. The second-order valence-corrected chi connectivity index (χ2v) is 6.92. The first-order valence-electron chi connectivity index (χ1n) is 5.95. The van der Waals surface area contributed by atoms with E-state index in [4.69, 9.17) is 11.6 Å². The topological polar surface area (TPSA) is 83.8 Å². The highest BCUT2D eigenvalue weighted by Gasteiger charge is 2.33.